The van der Waals surface area contributed by atoms with Gasteiger partial charge in [-0.25, -0.2) is 4.79 Å². The molecule has 0 N–H and O–H groups in total. The minimum atomic E-state index is -0.293. The van der Waals surface area contributed by atoms with Gasteiger partial charge in [0.2, 0.25) is 0 Å². The summed E-state index contributed by atoms with van der Waals surface area (Å²) in [6.07, 6.45) is 11.1. The fourth-order valence-corrected chi connectivity index (χ4v) is 3.32. The van der Waals surface area contributed by atoms with Crippen LogP contribution in [0.3, 0.4) is 0 Å². The van der Waals surface area contributed by atoms with E-state index in [2.05, 4.69) is 0 Å². The highest BCUT2D eigenvalue weighted by Gasteiger charge is 2.30. The Morgan fingerprint density at radius 2 is 1.67 bits per heavy atom. The summed E-state index contributed by atoms with van der Waals surface area (Å²) in [6.45, 7) is 3.99. The number of ether oxygens (including phenoxy) is 2. The van der Waals surface area contributed by atoms with Crippen LogP contribution in [-0.4, -0.2) is 18.0 Å². The van der Waals surface area contributed by atoms with E-state index in [4.69, 9.17) is 9.47 Å². The van der Waals surface area contributed by atoms with Gasteiger partial charge in [0.05, 0.1) is 11.5 Å². The lowest BCUT2D eigenvalue weighted by atomic mass is 9.87. The molecule has 3 rings (SSSR count). The van der Waals surface area contributed by atoms with Crippen LogP contribution in [0.5, 0.6) is 0 Å². The molecule has 0 bridgehead atoms. The zero-order chi connectivity index (χ0) is 19.2. The molecule has 4 heteroatoms. The van der Waals surface area contributed by atoms with E-state index in [1.54, 1.807) is 12.1 Å². The zero-order valence-corrected chi connectivity index (χ0v) is 15.9. The molecular weight excluding hydrogens is 340 g/mol. The molecule has 0 aromatic heterocycles. The molecule has 0 saturated heterocycles. The Morgan fingerprint density at radius 1 is 0.963 bits per heavy atom. The average molecular weight is 366 g/mol. The van der Waals surface area contributed by atoms with Crippen LogP contribution in [0.1, 0.15) is 54.9 Å². The van der Waals surface area contributed by atoms with Crippen molar-refractivity contribution in [2.24, 2.45) is 5.92 Å². The van der Waals surface area contributed by atoms with Gasteiger partial charge in [0.25, 0.3) is 0 Å². The van der Waals surface area contributed by atoms with Gasteiger partial charge in [0, 0.05) is 6.42 Å². The van der Waals surface area contributed by atoms with E-state index < -0.39 is 0 Å². The van der Waals surface area contributed by atoms with Gasteiger partial charge in [-0.3, -0.25) is 4.79 Å². The number of carbonyl (C=O) groups excluding carboxylic acids is 2. The second-order valence-electron chi connectivity index (χ2n) is 7.32. The summed E-state index contributed by atoms with van der Waals surface area (Å²) in [6, 6.07) is 7.37. The Balaban J connectivity index is 1.47. The Hall–Kier alpha value is -2.62. The van der Waals surface area contributed by atoms with Crippen molar-refractivity contribution in [3.63, 3.8) is 0 Å². The van der Waals surface area contributed by atoms with E-state index in [9.17, 15) is 9.59 Å². The Morgan fingerprint density at radius 3 is 2.37 bits per heavy atom. The van der Waals surface area contributed by atoms with Crippen molar-refractivity contribution in [2.45, 2.75) is 52.1 Å². The third-order valence-corrected chi connectivity index (χ3v) is 5.03. The van der Waals surface area contributed by atoms with Crippen molar-refractivity contribution < 1.29 is 19.1 Å². The van der Waals surface area contributed by atoms with E-state index in [0.717, 1.165) is 11.1 Å². The maximum atomic E-state index is 12.4. The number of aryl methyl sites for hydroxylation is 1. The summed E-state index contributed by atoms with van der Waals surface area (Å²) >= 11 is 0. The maximum Gasteiger partial charge on any atom is 0.338 e. The molecule has 1 saturated carbocycles. The first-order valence-corrected chi connectivity index (χ1v) is 9.54. The summed E-state index contributed by atoms with van der Waals surface area (Å²) in [4.78, 5) is 24.7. The summed E-state index contributed by atoms with van der Waals surface area (Å²) in [5.74, 6) is 0.0862. The Kier molecular flexibility index (Phi) is 6.28. The van der Waals surface area contributed by atoms with Crippen molar-refractivity contribution >= 4 is 11.9 Å². The second-order valence-corrected chi connectivity index (χ2v) is 7.32. The molecule has 0 heterocycles. The van der Waals surface area contributed by atoms with Gasteiger partial charge >= 0.3 is 11.9 Å². The number of allylic oxidation sites excluding steroid dienone is 5. The fourth-order valence-electron chi connectivity index (χ4n) is 3.32. The molecule has 142 valence electrons. The van der Waals surface area contributed by atoms with Crippen LogP contribution < -0.4 is 0 Å². The standard InChI is InChI=1S/C23H26O4/c1-16-4-3-5-20(13-8-16)26-23(25)19-11-14-21(15-12-19)27-22(24)18-9-6-17(2)7-10-18/h3-4,6-10,13,19,21H,5,11-12,14-15H2,1-2H3. The molecule has 0 spiro atoms. The lowest BCUT2D eigenvalue weighted by Crippen LogP contribution is -2.29. The first-order chi connectivity index (χ1) is 13.0. The Labute approximate surface area is 160 Å². The van der Waals surface area contributed by atoms with Crippen LogP contribution in [0, 0.1) is 12.8 Å². The lowest BCUT2D eigenvalue weighted by molar-refractivity contribution is -0.146. The molecule has 2 aliphatic rings. The van der Waals surface area contributed by atoms with E-state index in [-0.39, 0.29) is 24.0 Å². The maximum absolute atomic E-state index is 12.4. The van der Waals surface area contributed by atoms with E-state index in [1.165, 1.54) is 0 Å². The molecule has 0 unspecified atom stereocenters. The SMILES string of the molecule is CC1=CC=C(OC(=O)C2CCC(OC(=O)c3ccc(C)cc3)CC2)CC=C1. The molecule has 4 nitrogen and oxygen atoms in total. The van der Waals surface area contributed by atoms with Crippen molar-refractivity contribution in [2.75, 3.05) is 0 Å². The molecule has 27 heavy (non-hydrogen) atoms. The topological polar surface area (TPSA) is 52.6 Å². The van der Waals surface area contributed by atoms with Gasteiger partial charge in [0.15, 0.2) is 0 Å². The minimum absolute atomic E-state index is 0.127. The van der Waals surface area contributed by atoms with Crippen LogP contribution in [0.25, 0.3) is 0 Å². The molecular formula is C23H26O4. The van der Waals surface area contributed by atoms with Gasteiger partial charge in [-0.1, -0.05) is 41.5 Å². The summed E-state index contributed by atoms with van der Waals surface area (Å²) in [5, 5.41) is 0. The Bertz CT molecular complexity index is 775. The zero-order valence-electron chi connectivity index (χ0n) is 15.9. The first kappa shape index (κ1) is 19.2. The van der Waals surface area contributed by atoms with Crippen LogP contribution in [0.2, 0.25) is 0 Å². The number of esters is 2. The van der Waals surface area contributed by atoms with Gasteiger partial charge in [-0.05, 0) is 57.7 Å². The van der Waals surface area contributed by atoms with E-state index in [1.807, 2.05) is 50.3 Å². The van der Waals surface area contributed by atoms with Gasteiger partial charge in [0.1, 0.15) is 11.9 Å². The molecule has 1 fully saturated rings. The number of hydrogen-bond donors (Lipinski definition) is 0. The van der Waals surface area contributed by atoms with Gasteiger partial charge in [-0.2, -0.15) is 0 Å². The first-order valence-electron chi connectivity index (χ1n) is 9.54. The van der Waals surface area contributed by atoms with E-state index in [0.29, 0.717) is 43.4 Å². The molecule has 0 amide bonds. The molecule has 0 radical (unpaired) electrons. The summed E-state index contributed by atoms with van der Waals surface area (Å²) in [5.41, 5.74) is 2.81. The molecule has 0 aliphatic heterocycles. The van der Waals surface area contributed by atoms with Crippen molar-refractivity contribution in [1.82, 2.24) is 0 Å². The van der Waals surface area contributed by atoms with Crippen LogP contribution in [0.4, 0.5) is 0 Å². The molecule has 1 aromatic carbocycles. The number of benzene rings is 1. The predicted molar refractivity (Wildman–Crippen MR) is 104 cm³/mol. The van der Waals surface area contributed by atoms with Crippen molar-refractivity contribution in [1.29, 1.82) is 0 Å². The van der Waals surface area contributed by atoms with Gasteiger partial charge in [-0.15, -0.1) is 0 Å². The van der Waals surface area contributed by atoms with Crippen LogP contribution >= 0.6 is 0 Å². The fraction of sp³-hybridized carbons (Fsp3) is 0.391. The normalized spacial score (nSPS) is 22.3. The van der Waals surface area contributed by atoms with Crippen molar-refractivity contribution in [3.8, 4) is 0 Å². The number of carbonyl (C=O) groups is 2. The van der Waals surface area contributed by atoms with Crippen LogP contribution in [0.15, 0.2) is 59.9 Å². The molecule has 2 aliphatic carbocycles. The van der Waals surface area contributed by atoms with E-state index >= 15 is 0 Å². The monoisotopic (exact) mass is 366 g/mol. The molecule has 1 aromatic rings. The third kappa shape index (κ3) is 5.43. The van der Waals surface area contributed by atoms with Crippen molar-refractivity contribution in [3.05, 3.63) is 71.0 Å². The summed E-state index contributed by atoms with van der Waals surface area (Å²) < 4.78 is 11.2. The third-order valence-electron chi connectivity index (χ3n) is 5.03. The van der Waals surface area contributed by atoms with Crippen LogP contribution in [-0.2, 0) is 14.3 Å². The predicted octanol–water partition coefficient (Wildman–Crippen LogP) is 5.04. The van der Waals surface area contributed by atoms with Gasteiger partial charge < -0.3 is 9.47 Å². The summed E-state index contributed by atoms with van der Waals surface area (Å²) in [7, 11) is 0. The minimum Gasteiger partial charge on any atom is -0.459 e. The highest BCUT2D eigenvalue weighted by Crippen LogP contribution is 2.29. The lowest BCUT2D eigenvalue weighted by Gasteiger charge is -2.27. The highest BCUT2D eigenvalue weighted by molar-refractivity contribution is 5.89. The number of rotatable bonds is 4. The highest BCUT2D eigenvalue weighted by atomic mass is 16.5. The number of hydrogen-bond acceptors (Lipinski definition) is 4. The smallest absolute Gasteiger partial charge is 0.338 e. The molecule has 0 atom stereocenters. The second kappa shape index (κ2) is 8.85. The quantitative estimate of drug-likeness (QED) is 0.700. The average Bonchev–Trinajstić information content (AvgIpc) is 2.87. The largest absolute Gasteiger partial charge is 0.459 e.